The molecule has 4 rings (SSSR count). The molecule has 0 aliphatic carbocycles. The van der Waals surface area contributed by atoms with Crippen molar-refractivity contribution < 1.29 is 18.3 Å². The lowest BCUT2D eigenvalue weighted by Gasteiger charge is -2.18. The first-order valence-electron chi connectivity index (χ1n) is 9.01. The number of benzene rings is 2. The predicted octanol–water partition coefficient (Wildman–Crippen LogP) is 3.66. The Morgan fingerprint density at radius 2 is 1.72 bits per heavy atom. The summed E-state index contributed by atoms with van der Waals surface area (Å²) in [5.41, 5.74) is 1.66. The predicted molar refractivity (Wildman–Crippen MR) is 109 cm³/mol. The molecule has 2 aromatic heterocycles. The highest BCUT2D eigenvalue weighted by Gasteiger charge is 2.34. The highest BCUT2D eigenvalue weighted by molar-refractivity contribution is 6.32. The van der Waals surface area contributed by atoms with E-state index in [0.29, 0.717) is 22.5 Å². The molecular weight excluding hydrogens is 376 g/mol. The molecule has 0 spiro atoms. The molecule has 1 N–H and O–H groups in total. The normalized spacial score (nSPS) is 12.8. The van der Waals surface area contributed by atoms with Crippen LogP contribution in [0.1, 0.15) is 22.9 Å². The number of pyridine rings is 2. The van der Waals surface area contributed by atoms with Crippen LogP contribution in [0.5, 0.6) is 0 Å². The largest absolute Gasteiger partial charge is 0.418 e. The Kier molecular flexibility index (Phi) is 4.84. The van der Waals surface area contributed by atoms with Gasteiger partial charge in [-0.25, -0.2) is 4.98 Å². The number of rotatable bonds is 3. The first-order chi connectivity index (χ1) is 13.8. The van der Waals surface area contributed by atoms with Gasteiger partial charge in [0.05, 0.1) is 22.5 Å². The summed E-state index contributed by atoms with van der Waals surface area (Å²) in [6.07, 6.45) is -4.22. The molecule has 2 aromatic carbocycles. The number of alkyl halides is 3. The van der Waals surface area contributed by atoms with E-state index in [9.17, 15) is 18.3 Å². The lowest BCUT2D eigenvalue weighted by molar-refractivity contribution is -0.136. The average Bonchev–Trinajstić information content (AvgIpc) is 2.72. The third-order valence-corrected chi connectivity index (χ3v) is 4.75. The molecule has 4 aromatic rings. The highest BCUT2D eigenvalue weighted by Crippen LogP contribution is 2.38. The molecule has 0 amide bonds. The van der Waals surface area contributed by atoms with Gasteiger partial charge in [0.1, 0.15) is 14.0 Å². The van der Waals surface area contributed by atoms with Gasteiger partial charge in [-0.15, -0.1) is 0 Å². The summed E-state index contributed by atoms with van der Waals surface area (Å²) in [4.78, 5) is 8.50. The maximum absolute atomic E-state index is 13.7. The monoisotopic (exact) mass is 392 g/mol. The summed E-state index contributed by atoms with van der Waals surface area (Å²) in [6.45, 7) is 0. The van der Waals surface area contributed by atoms with Gasteiger partial charge < -0.3 is 5.11 Å². The zero-order valence-corrected chi connectivity index (χ0v) is 15.5. The zero-order valence-electron chi connectivity index (χ0n) is 15.5. The van der Waals surface area contributed by atoms with Gasteiger partial charge in [-0.1, -0.05) is 47.9 Å². The van der Waals surface area contributed by atoms with E-state index in [1.165, 1.54) is 12.3 Å². The molecule has 2 heterocycles. The van der Waals surface area contributed by atoms with E-state index >= 15 is 0 Å². The Balaban J connectivity index is 2.03. The lowest BCUT2D eigenvalue weighted by Crippen LogP contribution is -2.10. The van der Waals surface area contributed by atoms with Crippen LogP contribution in [0, 0.1) is 0 Å². The van der Waals surface area contributed by atoms with E-state index in [2.05, 4.69) is 9.97 Å². The smallest absolute Gasteiger partial charge is 0.382 e. The van der Waals surface area contributed by atoms with E-state index in [0.717, 1.165) is 11.5 Å². The van der Waals surface area contributed by atoms with Gasteiger partial charge in [0.2, 0.25) is 0 Å². The standard InChI is InChI=1S/C22H16BF3N2O/c23-14-6-3-5-13(11-14)19-12-16(21(29)18-9-1-2-10-27-18)15-7-4-8-17(20(15)28-19)22(24,25)26/h1-12,21,29H,23H2. The highest BCUT2D eigenvalue weighted by atomic mass is 19.4. The second-order valence-electron chi connectivity index (χ2n) is 6.82. The second-order valence-corrected chi connectivity index (χ2v) is 6.82. The fraction of sp³-hybridized carbons (Fsp3) is 0.0909. The van der Waals surface area contributed by atoms with Crippen LogP contribution in [0.4, 0.5) is 13.2 Å². The number of fused-ring (bicyclic) bond motifs is 1. The van der Waals surface area contributed by atoms with E-state index < -0.39 is 17.8 Å². The molecule has 0 saturated carbocycles. The summed E-state index contributed by atoms with van der Waals surface area (Å²) in [6, 6.07) is 17.9. The van der Waals surface area contributed by atoms with E-state index in [4.69, 9.17) is 0 Å². The Labute approximate surface area is 166 Å². The number of aromatic nitrogens is 2. The Hall–Kier alpha value is -3.19. The van der Waals surface area contributed by atoms with E-state index in [1.807, 2.05) is 26.0 Å². The molecule has 0 saturated heterocycles. The van der Waals surface area contributed by atoms with Crippen molar-refractivity contribution in [3.05, 3.63) is 89.7 Å². The Morgan fingerprint density at radius 3 is 2.41 bits per heavy atom. The second kappa shape index (κ2) is 7.33. The molecule has 1 atom stereocenters. The van der Waals surface area contributed by atoms with Gasteiger partial charge in [-0.3, -0.25) is 4.98 Å². The molecular formula is C22H16BF3N2O. The Morgan fingerprint density at radius 1 is 0.931 bits per heavy atom. The number of nitrogens with zero attached hydrogens (tertiary/aromatic N) is 2. The van der Waals surface area contributed by atoms with Crippen molar-refractivity contribution in [3.63, 3.8) is 0 Å². The number of halogens is 3. The van der Waals surface area contributed by atoms with Crippen molar-refractivity contribution in [2.24, 2.45) is 0 Å². The van der Waals surface area contributed by atoms with Crippen molar-refractivity contribution in [3.8, 4) is 11.3 Å². The van der Waals surface area contributed by atoms with Gasteiger partial charge in [0.25, 0.3) is 0 Å². The molecule has 0 aliphatic rings. The molecule has 29 heavy (non-hydrogen) atoms. The third kappa shape index (κ3) is 3.73. The summed E-state index contributed by atoms with van der Waals surface area (Å²) < 4.78 is 41.0. The number of aliphatic hydroxyl groups excluding tert-OH is 1. The maximum atomic E-state index is 13.7. The van der Waals surface area contributed by atoms with Gasteiger partial charge >= 0.3 is 6.18 Å². The molecule has 0 bridgehead atoms. The van der Waals surface area contributed by atoms with Crippen molar-refractivity contribution >= 4 is 24.2 Å². The fourth-order valence-electron chi connectivity index (χ4n) is 3.38. The third-order valence-electron chi connectivity index (χ3n) is 4.75. The SMILES string of the molecule is Bc1cccc(-c2cc(C(O)c3ccccn3)c3cccc(C(F)(F)F)c3n2)c1. The molecule has 0 fully saturated rings. The quantitative estimate of drug-likeness (QED) is 0.542. The fourth-order valence-corrected chi connectivity index (χ4v) is 3.38. The first-order valence-corrected chi connectivity index (χ1v) is 9.01. The molecule has 3 nitrogen and oxygen atoms in total. The minimum absolute atomic E-state index is 0.191. The maximum Gasteiger partial charge on any atom is 0.418 e. The van der Waals surface area contributed by atoms with Gasteiger partial charge in [0, 0.05) is 11.6 Å². The molecule has 144 valence electrons. The van der Waals surface area contributed by atoms with E-state index in [-0.39, 0.29) is 10.9 Å². The summed E-state index contributed by atoms with van der Waals surface area (Å²) in [5, 5.41) is 11.2. The van der Waals surface area contributed by atoms with Crippen LogP contribution in [0.15, 0.2) is 72.9 Å². The number of para-hydroxylation sites is 1. The van der Waals surface area contributed by atoms with Crippen molar-refractivity contribution in [1.29, 1.82) is 0 Å². The van der Waals surface area contributed by atoms with Crippen LogP contribution in [0.2, 0.25) is 0 Å². The Bertz CT molecular complexity index is 1180. The van der Waals surface area contributed by atoms with Crippen LogP contribution in [-0.4, -0.2) is 22.9 Å². The van der Waals surface area contributed by atoms with Crippen LogP contribution >= 0.6 is 0 Å². The zero-order chi connectivity index (χ0) is 20.6. The van der Waals surface area contributed by atoms with Crippen LogP contribution in [0.3, 0.4) is 0 Å². The van der Waals surface area contributed by atoms with Crippen molar-refractivity contribution in [2.45, 2.75) is 12.3 Å². The molecule has 7 heteroatoms. The first kappa shape index (κ1) is 19.1. The van der Waals surface area contributed by atoms with E-state index in [1.54, 1.807) is 36.4 Å². The molecule has 0 aliphatic heterocycles. The van der Waals surface area contributed by atoms with Crippen molar-refractivity contribution in [2.75, 3.05) is 0 Å². The van der Waals surface area contributed by atoms with Crippen LogP contribution < -0.4 is 5.46 Å². The minimum Gasteiger partial charge on any atom is -0.382 e. The van der Waals surface area contributed by atoms with Gasteiger partial charge in [-0.05, 0) is 35.4 Å². The number of hydrogen-bond acceptors (Lipinski definition) is 3. The van der Waals surface area contributed by atoms with Gasteiger partial charge in [-0.2, -0.15) is 13.2 Å². The number of aliphatic hydroxyl groups is 1. The van der Waals surface area contributed by atoms with Crippen LogP contribution in [-0.2, 0) is 6.18 Å². The molecule has 1 unspecified atom stereocenters. The van der Waals surface area contributed by atoms with Crippen molar-refractivity contribution in [1.82, 2.24) is 9.97 Å². The number of hydrogen-bond donors (Lipinski definition) is 1. The average molecular weight is 392 g/mol. The van der Waals surface area contributed by atoms with Gasteiger partial charge in [0.15, 0.2) is 0 Å². The lowest BCUT2D eigenvalue weighted by atomic mass is 9.92. The van der Waals surface area contributed by atoms with Crippen LogP contribution in [0.25, 0.3) is 22.2 Å². The summed E-state index contributed by atoms with van der Waals surface area (Å²) in [5.74, 6) is 0. The summed E-state index contributed by atoms with van der Waals surface area (Å²) >= 11 is 0. The topological polar surface area (TPSA) is 46.0 Å². The minimum atomic E-state index is -4.56. The summed E-state index contributed by atoms with van der Waals surface area (Å²) in [7, 11) is 1.90. The molecule has 0 radical (unpaired) electrons.